The number of carbonyl (C=O) groups excluding carboxylic acids is 2. The lowest BCUT2D eigenvalue weighted by Gasteiger charge is -2.40. The Morgan fingerprint density at radius 2 is 2.12 bits per heavy atom. The second-order valence-electron chi connectivity index (χ2n) is 7.49. The molecule has 7 nitrogen and oxygen atoms in total. The van der Waals surface area contributed by atoms with Gasteiger partial charge in [0.05, 0.1) is 12.2 Å². The van der Waals surface area contributed by atoms with E-state index in [1.165, 1.54) is 19.3 Å². The summed E-state index contributed by atoms with van der Waals surface area (Å²) in [5.74, 6) is -0.100. The van der Waals surface area contributed by atoms with E-state index in [0.29, 0.717) is 5.41 Å². The van der Waals surface area contributed by atoms with Gasteiger partial charge in [0, 0.05) is 38.9 Å². The Bertz CT molecular complexity index is 667. The summed E-state index contributed by atoms with van der Waals surface area (Å²) in [4.78, 5) is 28.8. The quantitative estimate of drug-likeness (QED) is 0.800. The Balaban J connectivity index is 1.57. The first-order chi connectivity index (χ1) is 11.5. The summed E-state index contributed by atoms with van der Waals surface area (Å²) in [6.45, 7) is 1.60. The molecule has 1 aromatic heterocycles. The molecule has 0 bridgehead atoms. The van der Waals surface area contributed by atoms with Crippen LogP contribution in [0, 0.1) is 5.41 Å². The summed E-state index contributed by atoms with van der Waals surface area (Å²) in [5.41, 5.74) is 1.19. The van der Waals surface area contributed by atoms with Crippen LogP contribution in [-0.4, -0.2) is 64.2 Å². The summed E-state index contributed by atoms with van der Waals surface area (Å²) in [6, 6.07) is -0.412. The molecule has 1 saturated carbocycles. The van der Waals surface area contributed by atoms with E-state index in [1.807, 2.05) is 18.1 Å². The van der Waals surface area contributed by atoms with Crippen molar-refractivity contribution in [1.29, 1.82) is 0 Å². The van der Waals surface area contributed by atoms with Crippen molar-refractivity contribution in [3.8, 4) is 0 Å². The van der Waals surface area contributed by atoms with Gasteiger partial charge in [-0.2, -0.15) is 5.10 Å². The number of carbonyl (C=O) groups is 2. The molecule has 7 heteroatoms. The molecule has 0 radical (unpaired) electrons. The van der Waals surface area contributed by atoms with E-state index in [0.717, 1.165) is 25.1 Å². The molecule has 2 saturated heterocycles. The molecular formula is C17H24N4O3. The van der Waals surface area contributed by atoms with Gasteiger partial charge in [0.15, 0.2) is 6.10 Å². The van der Waals surface area contributed by atoms with Crippen molar-refractivity contribution in [3.05, 3.63) is 18.0 Å². The molecule has 0 aromatic carbocycles. The average molecular weight is 332 g/mol. The van der Waals surface area contributed by atoms with Crippen LogP contribution in [0.15, 0.2) is 12.4 Å². The van der Waals surface area contributed by atoms with Crippen LogP contribution in [-0.2, 0) is 21.4 Å². The van der Waals surface area contributed by atoms with Gasteiger partial charge in [-0.15, -0.1) is 0 Å². The zero-order chi connectivity index (χ0) is 16.9. The van der Waals surface area contributed by atoms with Crippen molar-refractivity contribution >= 4 is 11.8 Å². The van der Waals surface area contributed by atoms with Crippen LogP contribution < -0.4 is 0 Å². The Kier molecular flexibility index (Phi) is 3.63. The summed E-state index contributed by atoms with van der Waals surface area (Å²) in [7, 11) is 3.56. The fraction of sp³-hybridized carbons (Fsp3) is 0.706. The van der Waals surface area contributed by atoms with Crippen molar-refractivity contribution in [2.75, 3.05) is 26.7 Å². The molecule has 24 heavy (non-hydrogen) atoms. The number of morpholine rings is 1. The zero-order valence-corrected chi connectivity index (χ0v) is 14.3. The first-order valence-electron chi connectivity index (χ1n) is 8.64. The number of ether oxygens (including phenoxy) is 1. The molecule has 3 fully saturated rings. The number of aromatic nitrogens is 2. The number of rotatable bonds is 2. The number of likely N-dealkylation sites (tertiary alicyclic amines) is 1. The van der Waals surface area contributed by atoms with Crippen molar-refractivity contribution in [2.24, 2.45) is 12.5 Å². The van der Waals surface area contributed by atoms with Crippen molar-refractivity contribution in [1.82, 2.24) is 19.6 Å². The lowest BCUT2D eigenvalue weighted by atomic mass is 9.68. The third-order valence-electron chi connectivity index (χ3n) is 5.96. The fourth-order valence-electron chi connectivity index (χ4n) is 4.30. The van der Waals surface area contributed by atoms with Gasteiger partial charge in [-0.1, -0.05) is 6.42 Å². The molecule has 0 N–H and O–H groups in total. The monoisotopic (exact) mass is 332 g/mol. The lowest BCUT2D eigenvalue weighted by molar-refractivity contribution is -0.167. The number of likely N-dealkylation sites (N-methyl/N-ethyl adjacent to an activating group) is 1. The molecule has 1 aliphatic carbocycles. The van der Waals surface area contributed by atoms with Gasteiger partial charge >= 0.3 is 0 Å². The summed E-state index contributed by atoms with van der Waals surface area (Å²) in [5, 5.41) is 4.19. The Morgan fingerprint density at radius 3 is 2.71 bits per heavy atom. The molecule has 3 heterocycles. The largest absolute Gasteiger partial charge is 0.356 e. The smallest absolute Gasteiger partial charge is 0.254 e. The molecule has 1 spiro atoms. The molecule has 3 aliphatic rings. The summed E-state index contributed by atoms with van der Waals surface area (Å²) < 4.78 is 7.40. The van der Waals surface area contributed by atoms with Gasteiger partial charge in [0.2, 0.25) is 5.91 Å². The van der Waals surface area contributed by atoms with Crippen molar-refractivity contribution < 1.29 is 14.3 Å². The molecular weight excluding hydrogens is 308 g/mol. The first kappa shape index (κ1) is 15.6. The number of aryl methyl sites for hydroxylation is 1. The van der Waals surface area contributed by atoms with Crippen LogP contribution in [0.4, 0.5) is 0 Å². The normalized spacial score (nSPS) is 29.2. The molecule has 2 aliphatic heterocycles. The number of hydrogen-bond donors (Lipinski definition) is 0. The predicted octanol–water partition coefficient (Wildman–Crippen LogP) is 0.721. The maximum Gasteiger partial charge on any atom is 0.254 e. The van der Waals surface area contributed by atoms with Crippen LogP contribution in [0.2, 0.25) is 0 Å². The number of amides is 2. The Morgan fingerprint density at radius 1 is 1.33 bits per heavy atom. The molecule has 0 unspecified atom stereocenters. The second-order valence-corrected chi connectivity index (χ2v) is 7.49. The highest BCUT2D eigenvalue weighted by atomic mass is 16.5. The van der Waals surface area contributed by atoms with Gasteiger partial charge in [-0.25, -0.2) is 0 Å². The van der Waals surface area contributed by atoms with Crippen LogP contribution in [0.1, 0.15) is 37.3 Å². The SMILES string of the molecule is CN1C(=O)CO[C@@H](C(=O)N2CCC3(CCC3)C2)[C@@H]1c1cnn(C)c1. The highest BCUT2D eigenvalue weighted by molar-refractivity contribution is 5.86. The third-order valence-corrected chi connectivity index (χ3v) is 5.96. The predicted molar refractivity (Wildman–Crippen MR) is 85.9 cm³/mol. The summed E-state index contributed by atoms with van der Waals surface area (Å²) in [6.07, 6.45) is 7.74. The topological polar surface area (TPSA) is 67.7 Å². The first-order valence-corrected chi connectivity index (χ1v) is 8.64. The number of hydrogen-bond acceptors (Lipinski definition) is 4. The molecule has 2 atom stereocenters. The zero-order valence-electron chi connectivity index (χ0n) is 14.3. The Hall–Kier alpha value is -1.89. The summed E-state index contributed by atoms with van der Waals surface area (Å²) >= 11 is 0. The van der Waals surface area contributed by atoms with E-state index < -0.39 is 12.1 Å². The maximum absolute atomic E-state index is 13.1. The third kappa shape index (κ3) is 2.42. The minimum Gasteiger partial charge on any atom is -0.356 e. The molecule has 2 amide bonds. The number of nitrogens with zero attached hydrogens (tertiary/aromatic N) is 4. The van der Waals surface area contributed by atoms with Gasteiger partial charge in [0.25, 0.3) is 5.91 Å². The lowest BCUT2D eigenvalue weighted by Crippen LogP contribution is -2.53. The fourth-order valence-corrected chi connectivity index (χ4v) is 4.30. The van der Waals surface area contributed by atoms with E-state index in [-0.39, 0.29) is 18.4 Å². The van der Waals surface area contributed by atoms with E-state index in [2.05, 4.69) is 5.10 Å². The Labute approximate surface area is 141 Å². The molecule has 1 aromatic rings. The van der Waals surface area contributed by atoms with Crippen LogP contribution in [0.3, 0.4) is 0 Å². The highest BCUT2D eigenvalue weighted by Crippen LogP contribution is 2.48. The van der Waals surface area contributed by atoms with Gasteiger partial charge < -0.3 is 14.5 Å². The van der Waals surface area contributed by atoms with E-state index >= 15 is 0 Å². The van der Waals surface area contributed by atoms with Gasteiger partial charge in [-0.05, 0) is 24.7 Å². The van der Waals surface area contributed by atoms with Gasteiger partial charge in [0.1, 0.15) is 6.61 Å². The van der Waals surface area contributed by atoms with E-state index in [4.69, 9.17) is 4.74 Å². The van der Waals surface area contributed by atoms with E-state index in [1.54, 1.807) is 22.8 Å². The second kappa shape index (κ2) is 5.58. The molecule has 130 valence electrons. The van der Waals surface area contributed by atoms with Crippen molar-refractivity contribution in [3.63, 3.8) is 0 Å². The average Bonchev–Trinajstić information content (AvgIpc) is 3.15. The van der Waals surface area contributed by atoms with Crippen LogP contribution in [0.25, 0.3) is 0 Å². The minimum atomic E-state index is -0.646. The maximum atomic E-state index is 13.1. The van der Waals surface area contributed by atoms with Gasteiger partial charge in [-0.3, -0.25) is 14.3 Å². The highest BCUT2D eigenvalue weighted by Gasteiger charge is 2.48. The minimum absolute atomic E-state index is 0.00646. The standard InChI is InChI=1S/C17H24N4O3/c1-19-9-12(8-18-19)14-15(24-10-13(22)20(14)2)16(23)21-7-6-17(11-21)4-3-5-17/h8-9,14-15H,3-7,10-11H2,1-2H3/t14-,15+/m0/s1. The van der Waals surface area contributed by atoms with E-state index in [9.17, 15) is 9.59 Å². The van der Waals surface area contributed by atoms with Crippen LogP contribution in [0.5, 0.6) is 0 Å². The van der Waals surface area contributed by atoms with Crippen LogP contribution >= 0.6 is 0 Å². The molecule has 4 rings (SSSR count). The van der Waals surface area contributed by atoms with Crippen molar-refractivity contribution in [2.45, 2.75) is 37.8 Å².